The van der Waals surface area contributed by atoms with Gasteiger partial charge in [0.2, 0.25) is 5.91 Å². The molecule has 1 atom stereocenters. The first-order valence-corrected chi connectivity index (χ1v) is 14.3. The minimum absolute atomic E-state index is 0.0193. The summed E-state index contributed by atoms with van der Waals surface area (Å²) in [5.74, 6) is 0.302. The van der Waals surface area contributed by atoms with Crippen LogP contribution >= 0.6 is 0 Å². The molecule has 40 heavy (non-hydrogen) atoms. The molecule has 10 nitrogen and oxygen atoms in total. The molecule has 216 valence electrons. The van der Waals surface area contributed by atoms with Crippen molar-refractivity contribution in [3.8, 4) is 11.6 Å². The molecule has 0 radical (unpaired) electrons. The van der Waals surface area contributed by atoms with Crippen LogP contribution in [0.3, 0.4) is 0 Å². The molecule has 3 saturated heterocycles. The van der Waals surface area contributed by atoms with Crippen molar-refractivity contribution < 1.29 is 18.7 Å². The maximum Gasteiger partial charge on any atom is 0.282 e. The predicted molar refractivity (Wildman–Crippen MR) is 149 cm³/mol. The van der Waals surface area contributed by atoms with Gasteiger partial charge in [0.1, 0.15) is 17.9 Å². The standard InChI is InChI=1S/C29H40FN7O3/c1-6-37(19(2)3)26(38)21-15-20(30)7-8-22(21)40-25-24(32-18-33-34-25)36-16-29(17-36)10-13-35(14-11-29)27(39)23-28(4,5)9-12-31-23/h7-8,15,18-19,23,31H,6,9-14,16-17H2,1-5H3. The second-order valence-corrected chi connectivity index (χ2v) is 12.3. The van der Waals surface area contributed by atoms with E-state index in [2.05, 4.69) is 39.2 Å². The van der Waals surface area contributed by atoms with Gasteiger partial charge in [0, 0.05) is 44.2 Å². The van der Waals surface area contributed by atoms with E-state index in [1.807, 2.05) is 25.7 Å². The third kappa shape index (κ3) is 5.35. The van der Waals surface area contributed by atoms with E-state index in [4.69, 9.17) is 4.74 Å². The summed E-state index contributed by atoms with van der Waals surface area (Å²) in [4.78, 5) is 36.6. The highest BCUT2D eigenvalue weighted by Crippen LogP contribution is 2.45. The fraction of sp³-hybridized carbons (Fsp3) is 0.621. The van der Waals surface area contributed by atoms with Gasteiger partial charge < -0.3 is 24.8 Å². The number of halogens is 1. The lowest BCUT2D eigenvalue weighted by atomic mass is 9.71. The quantitative estimate of drug-likeness (QED) is 0.556. The van der Waals surface area contributed by atoms with E-state index in [1.54, 1.807) is 4.90 Å². The smallest absolute Gasteiger partial charge is 0.282 e. The number of likely N-dealkylation sites (tertiary alicyclic amines) is 1. The van der Waals surface area contributed by atoms with Gasteiger partial charge in [-0.3, -0.25) is 9.59 Å². The maximum atomic E-state index is 14.2. The molecule has 0 bridgehead atoms. The van der Waals surface area contributed by atoms with Gasteiger partial charge in [-0.05, 0) is 70.2 Å². The number of hydrogen-bond donors (Lipinski definition) is 1. The summed E-state index contributed by atoms with van der Waals surface area (Å²) < 4.78 is 20.3. The summed E-state index contributed by atoms with van der Waals surface area (Å²) >= 11 is 0. The van der Waals surface area contributed by atoms with Crippen molar-refractivity contribution in [3.05, 3.63) is 35.9 Å². The lowest BCUT2D eigenvalue weighted by molar-refractivity contribution is -0.138. The fourth-order valence-electron chi connectivity index (χ4n) is 6.30. The summed E-state index contributed by atoms with van der Waals surface area (Å²) in [5.41, 5.74) is 0.214. The molecule has 1 spiro atoms. The zero-order valence-electron chi connectivity index (χ0n) is 24.1. The highest BCUT2D eigenvalue weighted by atomic mass is 19.1. The average molecular weight is 554 g/mol. The molecular formula is C29H40FN7O3. The van der Waals surface area contributed by atoms with E-state index in [-0.39, 0.29) is 51.9 Å². The summed E-state index contributed by atoms with van der Waals surface area (Å²) in [7, 11) is 0. The first-order chi connectivity index (χ1) is 19.0. The number of amides is 2. The first-order valence-electron chi connectivity index (χ1n) is 14.3. The molecule has 1 aromatic carbocycles. The minimum Gasteiger partial charge on any atom is -0.434 e. The fourth-order valence-corrected chi connectivity index (χ4v) is 6.30. The Morgan fingerprint density at radius 3 is 2.55 bits per heavy atom. The zero-order chi connectivity index (χ0) is 28.7. The van der Waals surface area contributed by atoms with E-state index in [9.17, 15) is 14.0 Å². The number of aromatic nitrogens is 3. The largest absolute Gasteiger partial charge is 0.434 e. The van der Waals surface area contributed by atoms with Gasteiger partial charge in [0.15, 0.2) is 5.82 Å². The van der Waals surface area contributed by atoms with Crippen LogP contribution in [0.25, 0.3) is 0 Å². The number of benzene rings is 1. The molecule has 11 heteroatoms. The number of carbonyl (C=O) groups is 2. The van der Waals surface area contributed by atoms with E-state index >= 15 is 0 Å². The molecule has 3 fully saturated rings. The second kappa shape index (κ2) is 10.9. The SMILES string of the molecule is CCN(C(=O)c1cc(F)ccc1Oc1nncnc1N1CC2(CCN(C(=O)C3NCCC3(C)C)CC2)C1)C(C)C. The van der Waals surface area contributed by atoms with Gasteiger partial charge in [-0.15, -0.1) is 10.2 Å². The van der Waals surface area contributed by atoms with Gasteiger partial charge in [-0.2, -0.15) is 0 Å². The first kappa shape index (κ1) is 28.2. The van der Waals surface area contributed by atoms with E-state index in [1.165, 1.54) is 24.5 Å². The lowest BCUT2D eigenvalue weighted by Crippen LogP contribution is -2.62. The van der Waals surface area contributed by atoms with Crippen molar-refractivity contribution in [3.63, 3.8) is 0 Å². The van der Waals surface area contributed by atoms with Crippen molar-refractivity contribution in [1.82, 2.24) is 30.3 Å². The van der Waals surface area contributed by atoms with Crippen molar-refractivity contribution in [2.24, 2.45) is 10.8 Å². The molecular weight excluding hydrogens is 513 g/mol. The lowest BCUT2D eigenvalue weighted by Gasteiger charge is -2.54. The van der Waals surface area contributed by atoms with E-state index < -0.39 is 5.82 Å². The number of anilines is 1. The highest BCUT2D eigenvalue weighted by molar-refractivity contribution is 5.97. The molecule has 4 heterocycles. The Kier molecular flexibility index (Phi) is 7.69. The van der Waals surface area contributed by atoms with Crippen LogP contribution in [0.4, 0.5) is 10.2 Å². The number of nitrogens with zero attached hydrogens (tertiary/aromatic N) is 6. The maximum absolute atomic E-state index is 14.2. The normalized spacial score (nSPS) is 21.4. The van der Waals surface area contributed by atoms with Gasteiger partial charge in [-0.25, -0.2) is 9.37 Å². The van der Waals surface area contributed by atoms with Gasteiger partial charge >= 0.3 is 0 Å². The van der Waals surface area contributed by atoms with Crippen LogP contribution in [0.5, 0.6) is 11.6 Å². The number of hydrogen-bond acceptors (Lipinski definition) is 8. The average Bonchev–Trinajstić information content (AvgIpc) is 3.27. The van der Waals surface area contributed by atoms with E-state index in [0.717, 1.165) is 52.0 Å². The number of rotatable bonds is 7. The molecule has 0 aliphatic carbocycles. The highest BCUT2D eigenvalue weighted by Gasteiger charge is 2.49. The summed E-state index contributed by atoms with van der Waals surface area (Å²) in [5, 5.41) is 11.5. The Morgan fingerprint density at radius 2 is 1.93 bits per heavy atom. The van der Waals surface area contributed by atoms with Crippen molar-refractivity contribution in [1.29, 1.82) is 0 Å². The number of carbonyl (C=O) groups excluding carboxylic acids is 2. The minimum atomic E-state index is -0.519. The van der Waals surface area contributed by atoms with Crippen LogP contribution in [0.1, 0.15) is 64.2 Å². The van der Waals surface area contributed by atoms with Crippen molar-refractivity contribution >= 4 is 17.6 Å². The molecule has 5 rings (SSSR count). The Balaban J connectivity index is 1.26. The van der Waals surface area contributed by atoms with Crippen LogP contribution in [0.2, 0.25) is 0 Å². The Bertz CT molecular complexity index is 1250. The molecule has 1 aromatic heterocycles. The van der Waals surface area contributed by atoms with Gasteiger partial charge in [-0.1, -0.05) is 13.8 Å². The molecule has 2 amide bonds. The van der Waals surface area contributed by atoms with Crippen molar-refractivity contribution in [2.75, 3.05) is 44.2 Å². The van der Waals surface area contributed by atoms with Crippen LogP contribution in [0, 0.1) is 16.6 Å². The van der Waals surface area contributed by atoms with Crippen LogP contribution in [-0.4, -0.2) is 88.1 Å². The molecule has 0 saturated carbocycles. The molecule has 3 aliphatic heterocycles. The third-order valence-corrected chi connectivity index (χ3v) is 8.81. The van der Waals surface area contributed by atoms with Gasteiger partial charge in [0.25, 0.3) is 11.8 Å². The summed E-state index contributed by atoms with van der Waals surface area (Å²) in [6.07, 6.45) is 4.24. The van der Waals surface area contributed by atoms with E-state index in [0.29, 0.717) is 12.4 Å². The summed E-state index contributed by atoms with van der Waals surface area (Å²) in [6.45, 7) is 14.4. The molecule has 3 aliphatic rings. The topological polar surface area (TPSA) is 104 Å². The van der Waals surface area contributed by atoms with Crippen molar-refractivity contribution in [2.45, 2.75) is 66.0 Å². The van der Waals surface area contributed by atoms with Crippen LogP contribution in [0.15, 0.2) is 24.5 Å². The molecule has 1 N–H and O–H groups in total. The number of piperidine rings is 1. The van der Waals surface area contributed by atoms with Crippen LogP contribution in [-0.2, 0) is 4.79 Å². The summed E-state index contributed by atoms with van der Waals surface area (Å²) in [6, 6.07) is 3.74. The van der Waals surface area contributed by atoms with Gasteiger partial charge in [0.05, 0.1) is 11.6 Å². The Morgan fingerprint density at radius 1 is 1.20 bits per heavy atom. The van der Waals surface area contributed by atoms with Crippen LogP contribution < -0.4 is 15.0 Å². The Hall–Kier alpha value is -3.34. The Labute approximate surface area is 235 Å². The third-order valence-electron chi connectivity index (χ3n) is 8.81. The zero-order valence-corrected chi connectivity index (χ0v) is 24.1. The second-order valence-electron chi connectivity index (χ2n) is 12.3. The number of nitrogens with one attached hydrogen (secondary N) is 1. The molecule has 2 aromatic rings. The monoisotopic (exact) mass is 553 g/mol. The number of ether oxygens (including phenoxy) is 1. The molecule has 1 unspecified atom stereocenters. The predicted octanol–water partition coefficient (Wildman–Crippen LogP) is 3.49.